The van der Waals surface area contributed by atoms with Crippen LogP contribution in [-0.4, -0.2) is 17.7 Å². The molecule has 0 saturated carbocycles. The molecule has 0 amide bonds. The van der Waals surface area contributed by atoms with E-state index < -0.39 is 11.9 Å². The van der Waals surface area contributed by atoms with Gasteiger partial charge in [0.25, 0.3) is 0 Å². The molecule has 5 nitrogen and oxygen atoms in total. The smallest absolute Gasteiger partial charge is 0.343 e. The van der Waals surface area contributed by atoms with E-state index in [-0.39, 0.29) is 5.78 Å². The van der Waals surface area contributed by atoms with E-state index in [9.17, 15) is 14.4 Å². The van der Waals surface area contributed by atoms with Crippen LogP contribution in [0.25, 0.3) is 0 Å². The Kier molecular flexibility index (Phi) is 6.18. The number of benzene rings is 4. The average molecular weight is 422 g/mol. The fourth-order valence-corrected chi connectivity index (χ4v) is 2.99. The normalized spacial score (nSPS) is 10.2. The molecule has 0 aliphatic heterocycles. The van der Waals surface area contributed by atoms with Crippen LogP contribution in [0.2, 0.25) is 0 Å². The van der Waals surface area contributed by atoms with E-state index in [2.05, 4.69) is 0 Å². The lowest BCUT2D eigenvalue weighted by Crippen LogP contribution is -2.10. The Balaban J connectivity index is 1.41. The lowest BCUT2D eigenvalue weighted by Gasteiger charge is -2.07. The molecule has 0 aliphatic carbocycles. The van der Waals surface area contributed by atoms with Crippen molar-refractivity contribution in [2.45, 2.75) is 0 Å². The Labute approximate surface area is 184 Å². The van der Waals surface area contributed by atoms with Crippen molar-refractivity contribution in [3.8, 4) is 11.5 Å². The van der Waals surface area contributed by atoms with E-state index >= 15 is 0 Å². The second-order valence-electron chi connectivity index (χ2n) is 6.89. The van der Waals surface area contributed by atoms with Gasteiger partial charge in [-0.3, -0.25) is 4.79 Å². The Bertz CT molecular complexity index is 1130. The van der Waals surface area contributed by atoms with E-state index in [1.807, 2.05) is 12.1 Å². The Morgan fingerprint density at radius 2 is 0.719 bits per heavy atom. The number of carbonyl (C=O) groups is 3. The molecule has 0 N–H and O–H groups in total. The molecule has 4 aromatic carbocycles. The summed E-state index contributed by atoms with van der Waals surface area (Å²) in [6.45, 7) is 0. The van der Waals surface area contributed by atoms with Crippen molar-refractivity contribution in [1.82, 2.24) is 0 Å². The van der Waals surface area contributed by atoms with Crippen LogP contribution in [0.15, 0.2) is 109 Å². The molecule has 0 aromatic heterocycles. The van der Waals surface area contributed by atoms with Gasteiger partial charge in [-0.15, -0.1) is 0 Å². The summed E-state index contributed by atoms with van der Waals surface area (Å²) in [4.78, 5) is 37.3. The zero-order valence-electron chi connectivity index (χ0n) is 16.9. The van der Waals surface area contributed by atoms with Crippen LogP contribution in [0.5, 0.6) is 11.5 Å². The summed E-state index contributed by atoms with van der Waals surface area (Å²) in [7, 11) is 0. The summed E-state index contributed by atoms with van der Waals surface area (Å²) < 4.78 is 10.6. The minimum Gasteiger partial charge on any atom is -0.423 e. The standard InChI is InChI=1S/C27H18O5/c28-25(19-11-15-21(16-12-19)26(29)31-23-7-3-1-4-8-23)20-13-17-22(18-14-20)27(30)32-24-9-5-2-6-10-24/h1-18H. The fourth-order valence-electron chi connectivity index (χ4n) is 2.99. The number of para-hydroxylation sites is 2. The van der Waals surface area contributed by atoms with Crippen molar-refractivity contribution < 1.29 is 23.9 Å². The van der Waals surface area contributed by atoms with Crippen molar-refractivity contribution in [3.05, 3.63) is 131 Å². The van der Waals surface area contributed by atoms with Crippen molar-refractivity contribution >= 4 is 17.7 Å². The van der Waals surface area contributed by atoms with Gasteiger partial charge < -0.3 is 9.47 Å². The second-order valence-corrected chi connectivity index (χ2v) is 6.89. The molecule has 0 saturated heterocycles. The van der Waals surface area contributed by atoms with Crippen molar-refractivity contribution in [2.75, 3.05) is 0 Å². The van der Waals surface area contributed by atoms with Gasteiger partial charge in [-0.2, -0.15) is 0 Å². The van der Waals surface area contributed by atoms with Crippen LogP contribution in [0.4, 0.5) is 0 Å². The Hall–Kier alpha value is -4.51. The first-order valence-corrected chi connectivity index (χ1v) is 9.89. The van der Waals surface area contributed by atoms with Crippen LogP contribution in [0.3, 0.4) is 0 Å². The summed E-state index contributed by atoms with van der Waals surface area (Å²) in [5.41, 5.74) is 1.51. The molecular weight excluding hydrogens is 404 g/mol. The summed E-state index contributed by atoms with van der Waals surface area (Å²) in [6.07, 6.45) is 0. The van der Waals surface area contributed by atoms with Gasteiger partial charge in [-0.25, -0.2) is 9.59 Å². The van der Waals surface area contributed by atoms with E-state index in [0.717, 1.165) is 0 Å². The molecule has 0 bridgehead atoms. The summed E-state index contributed by atoms with van der Waals surface area (Å²) in [5, 5.41) is 0. The summed E-state index contributed by atoms with van der Waals surface area (Å²) in [5.74, 6) is -0.337. The summed E-state index contributed by atoms with van der Waals surface area (Å²) in [6, 6.07) is 30.0. The minimum absolute atomic E-state index is 0.226. The van der Waals surface area contributed by atoms with E-state index in [1.54, 1.807) is 97.1 Å². The van der Waals surface area contributed by atoms with Gasteiger partial charge in [-0.1, -0.05) is 60.7 Å². The van der Waals surface area contributed by atoms with Crippen molar-refractivity contribution in [1.29, 1.82) is 0 Å². The number of carbonyl (C=O) groups excluding carboxylic acids is 3. The maximum absolute atomic E-state index is 12.8. The monoisotopic (exact) mass is 422 g/mol. The third kappa shape index (κ3) is 4.96. The molecule has 4 rings (SSSR count). The van der Waals surface area contributed by atoms with Crippen molar-refractivity contribution in [2.24, 2.45) is 0 Å². The topological polar surface area (TPSA) is 69.7 Å². The van der Waals surface area contributed by atoms with Crippen LogP contribution in [0.1, 0.15) is 36.6 Å². The van der Waals surface area contributed by atoms with Gasteiger partial charge >= 0.3 is 11.9 Å². The molecule has 0 fully saturated rings. The largest absolute Gasteiger partial charge is 0.423 e. The number of hydrogen-bond donors (Lipinski definition) is 0. The van der Waals surface area contributed by atoms with E-state index in [1.165, 1.54) is 0 Å². The molecule has 0 heterocycles. The quantitative estimate of drug-likeness (QED) is 0.238. The van der Waals surface area contributed by atoms with E-state index in [0.29, 0.717) is 33.8 Å². The van der Waals surface area contributed by atoms with Gasteiger partial charge in [0.05, 0.1) is 11.1 Å². The Morgan fingerprint density at radius 1 is 0.406 bits per heavy atom. The number of rotatable bonds is 6. The van der Waals surface area contributed by atoms with Gasteiger partial charge in [0, 0.05) is 11.1 Å². The zero-order chi connectivity index (χ0) is 22.3. The molecule has 32 heavy (non-hydrogen) atoms. The number of ketones is 1. The average Bonchev–Trinajstić information content (AvgIpc) is 2.85. The SMILES string of the molecule is O=C(Oc1ccccc1)c1ccc(C(=O)c2ccc(C(=O)Oc3ccccc3)cc2)cc1. The maximum Gasteiger partial charge on any atom is 0.343 e. The molecule has 4 aromatic rings. The first-order chi connectivity index (χ1) is 15.6. The number of esters is 2. The number of ether oxygens (including phenoxy) is 2. The molecule has 156 valence electrons. The highest BCUT2D eigenvalue weighted by molar-refractivity contribution is 6.09. The van der Waals surface area contributed by atoms with Gasteiger partial charge in [0.2, 0.25) is 0 Å². The molecule has 0 radical (unpaired) electrons. The molecule has 0 aliphatic rings. The Morgan fingerprint density at radius 3 is 1.06 bits per heavy atom. The highest BCUT2D eigenvalue weighted by Crippen LogP contribution is 2.16. The predicted octanol–water partition coefficient (Wildman–Crippen LogP) is 5.36. The lowest BCUT2D eigenvalue weighted by molar-refractivity contribution is 0.0725. The third-order valence-corrected chi connectivity index (χ3v) is 4.67. The molecule has 0 unspecified atom stereocenters. The van der Waals surface area contributed by atoms with Crippen molar-refractivity contribution in [3.63, 3.8) is 0 Å². The highest BCUT2D eigenvalue weighted by Gasteiger charge is 2.14. The lowest BCUT2D eigenvalue weighted by atomic mass is 10.0. The number of hydrogen-bond acceptors (Lipinski definition) is 5. The molecule has 0 spiro atoms. The maximum atomic E-state index is 12.8. The van der Waals surface area contributed by atoms with Gasteiger partial charge in [-0.05, 0) is 48.5 Å². The third-order valence-electron chi connectivity index (χ3n) is 4.67. The zero-order valence-corrected chi connectivity index (χ0v) is 16.9. The first-order valence-electron chi connectivity index (χ1n) is 9.89. The van der Waals surface area contributed by atoms with Gasteiger partial charge in [0.15, 0.2) is 5.78 Å². The predicted molar refractivity (Wildman–Crippen MR) is 119 cm³/mol. The highest BCUT2D eigenvalue weighted by atomic mass is 16.5. The van der Waals surface area contributed by atoms with Gasteiger partial charge in [0.1, 0.15) is 11.5 Å². The molecular formula is C27H18O5. The minimum atomic E-state index is -0.503. The summed E-state index contributed by atoms with van der Waals surface area (Å²) >= 11 is 0. The molecule has 0 atom stereocenters. The second kappa shape index (κ2) is 9.53. The molecule has 5 heteroatoms. The van der Waals surface area contributed by atoms with Crippen LogP contribution < -0.4 is 9.47 Å². The van der Waals surface area contributed by atoms with Crippen LogP contribution in [0, 0.1) is 0 Å². The van der Waals surface area contributed by atoms with E-state index in [4.69, 9.17) is 9.47 Å². The van der Waals surface area contributed by atoms with Crippen LogP contribution in [-0.2, 0) is 0 Å². The first kappa shape index (κ1) is 20.8. The van der Waals surface area contributed by atoms with Crippen LogP contribution >= 0.6 is 0 Å². The fraction of sp³-hybridized carbons (Fsp3) is 0.